The summed E-state index contributed by atoms with van der Waals surface area (Å²) < 4.78 is 12.1. The summed E-state index contributed by atoms with van der Waals surface area (Å²) in [4.78, 5) is 1.18. The van der Waals surface area contributed by atoms with Crippen LogP contribution >= 0.6 is 11.8 Å². The Morgan fingerprint density at radius 3 is 2.42 bits per heavy atom. The van der Waals surface area contributed by atoms with E-state index in [1.54, 1.807) is 30.7 Å². The van der Waals surface area contributed by atoms with Crippen molar-refractivity contribution >= 4 is 11.8 Å². The zero-order valence-corrected chi connectivity index (χ0v) is 12.1. The van der Waals surface area contributed by atoms with Crippen LogP contribution in [0.3, 0.4) is 0 Å². The van der Waals surface area contributed by atoms with E-state index in [2.05, 4.69) is 22.4 Å². The van der Waals surface area contributed by atoms with Crippen molar-refractivity contribution < 1.29 is 9.47 Å². The molecule has 0 aliphatic heterocycles. The molecule has 19 heavy (non-hydrogen) atoms. The van der Waals surface area contributed by atoms with Crippen LogP contribution in [-0.2, 0) is 22.3 Å². The molecule has 0 radical (unpaired) electrons. The summed E-state index contributed by atoms with van der Waals surface area (Å²) in [6.45, 7) is 0. The number of methoxy groups -OCH3 is 2. The molecule has 1 aromatic heterocycles. The van der Waals surface area contributed by atoms with E-state index < -0.39 is 0 Å². The van der Waals surface area contributed by atoms with Crippen LogP contribution in [0.5, 0.6) is 0 Å². The summed E-state index contributed by atoms with van der Waals surface area (Å²) in [5.41, 5.74) is 1.98. The topological polar surface area (TPSA) is 49.2 Å². The van der Waals surface area contributed by atoms with Crippen LogP contribution < -0.4 is 0 Å². The van der Waals surface area contributed by atoms with E-state index >= 15 is 0 Å². The molecule has 102 valence electrons. The Kier molecular flexibility index (Phi) is 4.95. The fourth-order valence-corrected chi connectivity index (χ4v) is 2.48. The average molecular weight is 279 g/mol. The van der Waals surface area contributed by atoms with Crippen molar-refractivity contribution in [1.29, 1.82) is 0 Å². The number of aryl methyl sites for hydroxylation is 1. The average Bonchev–Trinajstić information content (AvgIpc) is 2.85. The Balaban J connectivity index is 1.95. The minimum Gasteiger partial charge on any atom is -0.352 e. The maximum Gasteiger partial charge on any atom is 0.183 e. The van der Waals surface area contributed by atoms with Crippen molar-refractivity contribution in [3.63, 3.8) is 0 Å². The molecule has 2 rings (SSSR count). The van der Waals surface area contributed by atoms with Gasteiger partial charge in [0.25, 0.3) is 0 Å². The van der Waals surface area contributed by atoms with Gasteiger partial charge in [-0.1, -0.05) is 17.3 Å². The van der Waals surface area contributed by atoms with Crippen LogP contribution in [-0.4, -0.2) is 29.2 Å². The lowest BCUT2D eigenvalue weighted by atomic mass is 10.2. The first-order chi connectivity index (χ1) is 9.22. The molecular weight excluding hydrogens is 262 g/mol. The van der Waals surface area contributed by atoms with E-state index in [0.717, 1.165) is 17.0 Å². The number of nitrogens with zero attached hydrogens (tertiary/aromatic N) is 3. The molecule has 0 saturated carbocycles. The second-order valence-electron chi connectivity index (χ2n) is 4.04. The number of benzene rings is 1. The quantitative estimate of drug-likeness (QED) is 0.600. The summed E-state index contributed by atoms with van der Waals surface area (Å²) in [6, 6.07) is 8.14. The normalized spacial score (nSPS) is 11.2. The second kappa shape index (κ2) is 6.70. The lowest BCUT2D eigenvalue weighted by Gasteiger charge is -2.13. The molecule has 6 heteroatoms. The minimum absolute atomic E-state index is 0.306. The molecule has 0 unspecified atom stereocenters. The van der Waals surface area contributed by atoms with Crippen LogP contribution in [0.4, 0.5) is 0 Å². The van der Waals surface area contributed by atoms with Gasteiger partial charge in [-0.25, -0.2) is 0 Å². The Bertz CT molecular complexity index is 509. The highest BCUT2D eigenvalue weighted by Gasteiger charge is 2.08. The number of ether oxygens (including phenoxy) is 2. The molecule has 0 aliphatic rings. The molecule has 0 atom stereocenters. The van der Waals surface area contributed by atoms with E-state index in [4.69, 9.17) is 9.47 Å². The number of thioether (sulfide) groups is 1. The van der Waals surface area contributed by atoms with Crippen molar-refractivity contribution in [3.8, 4) is 0 Å². The number of rotatable bonds is 6. The van der Waals surface area contributed by atoms with Gasteiger partial charge in [-0.3, -0.25) is 4.68 Å². The molecule has 0 fully saturated rings. The van der Waals surface area contributed by atoms with E-state index in [1.807, 2.05) is 25.4 Å². The SMILES string of the molecule is COC(OC)c1ccc(SCc2cn(C)nn2)cc1. The summed E-state index contributed by atoms with van der Waals surface area (Å²) in [6.07, 6.45) is 1.62. The van der Waals surface area contributed by atoms with Crippen LogP contribution in [0.25, 0.3) is 0 Å². The van der Waals surface area contributed by atoms with Crippen LogP contribution in [0, 0.1) is 0 Å². The molecule has 0 bridgehead atoms. The highest BCUT2D eigenvalue weighted by Crippen LogP contribution is 2.24. The van der Waals surface area contributed by atoms with Gasteiger partial charge in [0.15, 0.2) is 6.29 Å². The van der Waals surface area contributed by atoms with Crippen molar-refractivity contribution in [1.82, 2.24) is 15.0 Å². The Morgan fingerprint density at radius 2 is 1.89 bits per heavy atom. The van der Waals surface area contributed by atoms with Gasteiger partial charge < -0.3 is 9.47 Å². The Labute approximate surface area is 116 Å². The standard InChI is InChI=1S/C13H17N3O2S/c1-16-8-11(14-15-16)9-19-12-6-4-10(5-7-12)13(17-2)18-3/h4-8,13H,9H2,1-3H3. The third-order valence-electron chi connectivity index (χ3n) is 2.62. The Hall–Kier alpha value is -1.37. The van der Waals surface area contributed by atoms with E-state index in [1.165, 1.54) is 4.90 Å². The van der Waals surface area contributed by atoms with Gasteiger partial charge in [-0.15, -0.1) is 16.9 Å². The summed E-state index contributed by atoms with van der Waals surface area (Å²) >= 11 is 1.73. The third kappa shape index (κ3) is 3.79. The smallest absolute Gasteiger partial charge is 0.183 e. The van der Waals surface area contributed by atoms with Crippen molar-refractivity contribution in [2.24, 2.45) is 7.05 Å². The number of hydrogen-bond donors (Lipinski definition) is 0. The molecule has 2 aromatic rings. The van der Waals surface area contributed by atoms with E-state index in [9.17, 15) is 0 Å². The monoisotopic (exact) mass is 279 g/mol. The van der Waals surface area contributed by atoms with Gasteiger partial charge in [-0.05, 0) is 12.1 Å². The maximum absolute atomic E-state index is 5.21. The first-order valence-corrected chi connectivity index (χ1v) is 6.85. The third-order valence-corrected chi connectivity index (χ3v) is 3.66. The predicted molar refractivity (Wildman–Crippen MR) is 73.8 cm³/mol. The number of hydrogen-bond acceptors (Lipinski definition) is 5. The predicted octanol–water partition coefficient (Wildman–Crippen LogP) is 2.40. The molecule has 1 heterocycles. The van der Waals surface area contributed by atoms with Crippen molar-refractivity contribution in [2.75, 3.05) is 14.2 Å². The molecule has 0 N–H and O–H groups in total. The molecule has 0 saturated heterocycles. The lowest BCUT2D eigenvalue weighted by Crippen LogP contribution is -2.02. The molecule has 0 spiro atoms. The summed E-state index contributed by atoms with van der Waals surface area (Å²) in [5.74, 6) is 0.811. The van der Waals surface area contributed by atoms with Crippen molar-refractivity contribution in [2.45, 2.75) is 16.9 Å². The first kappa shape index (κ1) is 14.0. The number of aromatic nitrogens is 3. The highest BCUT2D eigenvalue weighted by molar-refractivity contribution is 7.98. The highest BCUT2D eigenvalue weighted by atomic mass is 32.2. The zero-order chi connectivity index (χ0) is 13.7. The molecule has 0 aliphatic carbocycles. The first-order valence-electron chi connectivity index (χ1n) is 5.86. The maximum atomic E-state index is 5.21. The van der Waals surface area contributed by atoms with Gasteiger partial charge in [0.1, 0.15) is 0 Å². The molecule has 1 aromatic carbocycles. The molecular formula is C13H17N3O2S. The van der Waals surface area contributed by atoms with Gasteiger partial charge in [0, 0.05) is 43.7 Å². The van der Waals surface area contributed by atoms with Crippen molar-refractivity contribution in [3.05, 3.63) is 41.7 Å². The van der Waals surface area contributed by atoms with Gasteiger partial charge in [0.05, 0.1) is 5.69 Å². The molecule has 0 amide bonds. The van der Waals surface area contributed by atoms with Crippen LogP contribution in [0.2, 0.25) is 0 Å². The summed E-state index contributed by atoms with van der Waals surface area (Å²) in [5, 5.41) is 7.96. The van der Waals surface area contributed by atoms with Crippen LogP contribution in [0.1, 0.15) is 17.5 Å². The molecule has 5 nitrogen and oxygen atoms in total. The minimum atomic E-state index is -0.306. The second-order valence-corrected chi connectivity index (χ2v) is 5.09. The van der Waals surface area contributed by atoms with Crippen LogP contribution in [0.15, 0.2) is 35.4 Å². The van der Waals surface area contributed by atoms with Gasteiger partial charge in [-0.2, -0.15) is 0 Å². The fraction of sp³-hybridized carbons (Fsp3) is 0.385. The fourth-order valence-electron chi connectivity index (χ4n) is 1.71. The van der Waals surface area contributed by atoms with E-state index in [0.29, 0.717) is 0 Å². The zero-order valence-electron chi connectivity index (χ0n) is 11.2. The largest absolute Gasteiger partial charge is 0.352 e. The van der Waals surface area contributed by atoms with Gasteiger partial charge in [0.2, 0.25) is 0 Å². The van der Waals surface area contributed by atoms with E-state index in [-0.39, 0.29) is 6.29 Å². The Morgan fingerprint density at radius 1 is 1.21 bits per heavy atom. The summed E-state index contributed by atoms with van der Waals surface area (Å²) in [7, 11) is 5.13. The van der Waals surface area contributed by atoms with Gasteiger partial charge >= 0.3 is 0 Å². The lowest BCUT2D eigenvalue weighted by molar-refractivity contribution is -0.106.